The summed E-state index contributed by atoms with van der Waals surface area (Å²) in [4.78, 5) is 11.5. The van der Waals surface area contributed by atoms with E-state index in [1.165, 1.54) is 0 Å². The second-order valence-electron chi connectivity index (χ2n) is 5.31. The van der Waals surface area contributed by atoms with E-state index in [-0.39, 0.29) is 0 Å². The van der Waals surface area contributed by atoms with Crippen molar-refractivity contribution < 1.29 is 9.90 Å². The van der Waals surface area contributed by atoms with Gasteiger partial charge in [0, 0.05) is 17.0 Å². The van der Waals surface area contributed by atoms with Crippen molar-refractivity contribution in [3.8, 4) is 11.4 Å². The molecule has 0 radical (unpaired) electrons. The zero-order chi connectivity index (χ0) is 14.4. The van der Waals surface area contributed by atoms with Gasteiger partial charge >= 0.3 is 5.97 Å². The molecule has 5 nitrogen and oxygen atoms in total. The summed E-state index contributed by atoms with van der Waals surface area (Å²) < 4.78 is 2.05. The summed E-state index contributed by atoms with van der Waals surface area (Å²) in [6, 6.07) is 11.5. The summed E-state index contributed by atoms with van der Waals surface area (Å²) in [7, 11) is 0. The Hall–Kier alpha value is -2.69. The molecule has 0 amide bonds. The maximum absolute atomic E-state index is 11.5. The summed E-state index contributed by atoms with van der Waals surface area (Å²) in [5.41, 5.74) is 1.13. The molecule has 2 aromatic carbocycles. The van der Waals surface area contributed by atoms with Crippen molar-refractivity contribution in [2.45, 2.75) is 18.9 Å². The van der Waals surface area contributed by atoms with Crippen LogP contribution in [0.4, 0.5) is 0 Å². The number of carboxylic acid groups (broad SMARTS) is 1. The standard InChI is InChI=1S/C16H13N3O2/c20-16(21)13-6-2-4-10-3-1-5-12(14(10)13)15-18-17-9-19(15)11-7-8-11/h1-6,9,11H,7-8H2,(H,20,21). The van der Waals surface area contributed by atoms with Crippen molar-refractivity contribution in [2.24, 2.45) is 0 Å². The molecule has 1 aliphatic rings. The molecule has 1 aliphatic carbocycles. The van der Waals surface area contributed by atoms with Crippen LogP contribution < -0.4 is 0 Å². The highest BCUT2D eigenvalue weighted by Gasteiger charge is 2.27. The Morgan fingerprint density at radius 1 is 1.19 bits per heavy atom. The van der Waals surface area contributed by atoms with Crippen LogP contribution in [-0.2, 0) is 0 Å². The topological polar surface area (TPSA) is 68.0 Å². The highest BCUT2D eigenvalue weighted by Crippen LogP contribution is 2.39. The number of hydrogen-bond donors (Lipinski definition) is 1. The minimum absolute atomic E-state index is 0.299. The molecule has 1 N–H and O–H groups in total. The Balaban J connectivity index is 2.04. The normalized spacial score (nSPS) is 14.5. The number of hydrogen-bond acceptors (Lipinski definition) is 3. The summed E-state index contributed by atoms with van der Waals surface area (Å²) in [5, 5.41) is 19.3. The van der Waals surface area contributed by atoms with Gasteiger partial charge in [-0.25, -0.2) is 4.79 Å². The number of benzene rings is 2. The van der Waals surface area contributed by atoms with E-state index in [4.69, 9.17) is 0 Å². The average Bonchev–Trinajstić information content (AvgIpc) is 3.23. The van der Waals surface area contributed by atoms with Gasteiger partial charge in [0.05, 0.1) is 5.56 Å². The van der Waals surface area contributed by atoms with Crippen LogP contribution in [0.25, 0.3) is 22.2 Å². The Morgan fingerprint density at radius 2 is 1.95 bits per heavy atom. The Bertz CT molecular complexity index is 844. The molecule has 4 rings (SSSR count). The molecule has 0 bridgehead atoms. The molecule has 1 fully saturated rings. The van der Waals surface area contributed by atoms with E-state index in [0.717, 1.165) is 35.0 Å². The van der Waals surface area contributed by atoms with Crippen LogP contribution >= 0.6 is 0 Å². The summed E-state index contributed by atoms with van der Waals surface area (Å²) >= 11 is 0. The molecule has 1 heterocycles. The van der Waals surface area contributed by atoms with E-state index >= 15 is 0 Å². The fourth-order valence-electron chi connectivity index (χ4n) is 2.76. The lowest BCUT2D eigenvalue weighted by molar-refractivity contribution is 0.0699. The first kappa shape index (κ1) is 12.1. The fourth-order valence-corrected chi connectivity index (χ4v) is 2.76. The van der Waals surface area contributed by atoms with E-state index in [9.17, 15) is 9.90 Å². The minimum atomic E-state index is -0.925. The molecule has 0 saturated heterocycles. The average molecular weight is 279 g/mol. The van der Waals surface area contributed by atoms with Gasteiger partial charge in [0.15, 0.2) is 5.82 Å². The smallest absolute Gasteiger partial charge is 0.336 e. The Morgan fingerprint density at radius 3 is 2.67 bits per heavy atom. The number of fused-ring (bicyclic) bond motifs is 1. The number of aromatic nitrogens is 3. The molecule has 3 aromatic rings. The first-order valence-corrected chi connectivity index (χ1v) is 6.90. The molecular weight excluding hydrogens is 266 g/mol. The summed E-state index contributed by atoms with van der Waals surface area (Å²) in [6.45, 7) is 0. The van der Waals surface area contributed by atoms with Crippen LogP contribution in [0.5, 0.6) is 0 Å². The van der Waals surface area contributed by atoms with Crippen molar-refractivity contribution in [2.75, 3.05) is 0 Å². The predicted octanol–water partition coefficient (Wildman–Crippen LogP) is 3.13. The monoisotopic (exact) mass is 279 g/mol. The van der Waals surface area contributed by atoms with Gasteiger partial charge in [-0.1, -0.05) is 30.3 Å². The van der Waals surface area contributed by atoms with Crippen LogP contribution in [0.15, 0.2) is 42.7 Å². The number of carbonyl (C=O) groups is 1. The quantitative estimate of drug-likeness (QED) is 0.799. The van der Waals surface area contributed by atoms with Gasteiger partial charge in [-0.3, -0.25) is 0 Å². The molecular formula is C16H13N3O2. The first-order chi connectivity index (χ1) is 10.3. The zero-order valence-corrected chi connectivity index (χ0v) is 11.2. The van der Waals surface area contributed by atoms with Gasteiger partial charge < -0.3 is 9.67 Å². The van der Waals surface area contributed by atoms with E-state index < -0.39 is 5.97 Å². The number of rotatable bonds is 3. The molecule has 1 aromatic heterocycles. The highest BCUT2D eigenvalue weighted by molar-refractivity contribution is 6.09. The van der Waals surface area contributed by atoms with Crippen LogP contribution in [0.3, 0.4) is 0 Å². The van der Waals surface area contributed by atoms with Crippen molar-refractivity contribution in [1.29, 1.82) is 0 Å². The molecule has 1 saturated carbocycles. The highest BCUT2D eigenvalue weighted by atomic mass is 16.4. The van der Waals surface area contributed by atoms with Gasteiger partial charge in [0.1, 0.15) is 6.33 Å². The lowest BCUT2D eigenvalue weighted by atomic mass is 9.98. The van der Waals surface area contributed by atoms with Crippen LogP contribution in [0.1, 0.15) is 29.2 Å². The lowest BCUT2D eigenvalue weighted by Gasteiger charge is -2.10. The van der Waals surface area contributed by atoms with Gasteiger partial charge in [-0.2, -0.15) is 0 Å². The molecule has 104 valence electrons. The van der Waals surface area contributed by atoms with Gasteiger partial charge in [-0.05, 0) is 24.3 Å². The van der Waals surface area contributed by atoms with E-state index in [0.29, 0.717) is 11.6 Å². The molecule has 0 atom stereocenters. The third kappa shape index (κ3) is 1.89. The van der Waals surface area contributed by atoms with Crippen molar-refractivity contribution >= 4 is 16.7 Å². The number of carboxylic acids is 1. The van der Waals surface area contributed by atoms with Gasteiger partial charge in [0.25, 0.3) is 0 Å². The Kier molecular flexibility index (Phi) is 2.54. The SMILES string of the molecule is O=C(O)c1cccc2cccc(-c3nncn3C3CC3)c12. The maximum atomic E-state index is 11.5. The second-order valence-corrected chi connectivity index (χ2v) is 5.31. The van der Waals surface area contributed by atoms with Crippen molar-refractivity contribution in [1.82, 2.24) is 14.8 Å². The molecule has 5 heteroatoms. The third-order valence-electron chi connectivity index (χ3n) is 3.89. The number of nitrogens with zero attached hydrogens (tertiary/aromatic N) is 3. The molecule has 0 aliphatic heterocycles. The van der Waals surface area contributed by atoms with Gasteiger partial charge in [-0.15, -0.1) is 10.2 Å². The van der Waals surface area contributed by atoms with Crippen molar-refractivity contribution in [3.05, 3.63) is 48.3 Å². The van der Waals surface area contributed by atoms with Crippen LogP contribution in [0, 0.1) is 0 Å². The van der Waals surface area contributed by atoms with E-state index in [1.807, 2.05) is 28.8 Å². The maximum Gasteiger partial charge on any atom is 0.336 e. The van der Waals surface area contributed by atoms with Crippen LogP contribution in [-0.4, -0.2) is 25.8 Å². The second kappa shape index (κ2) is 4.41. The zero-order valence-electron chi connectivity index (χ0n) is 11.2. The van der Waals surface area contributed by atoms with E-state index in [1.54, 1.807) is 18.5 Å². The fraction of sp³-hybridized carbons (Fsp3) is 0.188. The Labute approximate surface area is 120 Å². The minimum Gasteiger partial charge on any atom is -0.478 e. The lowest BCUT2D eigenvalue weighted by Crippen LogP contribution is -2.01. The van der Waals surface area contributed by atoms with Gasteiger partial charge in [0.2, 0.25) is 0 Å². The predicted molar refractivity (Wildman–Crippen MR) is 78.2 cm³/mol. The van der Waals surface area contributed by atoms with Crippen molar-refractivity contribution in [3.63, 3.8) is 0 Å². The molecule has 0 spiro atoms. The summed E-state index contributed by atoms with van der Waals surface area (Å²) in [6.07, 6.45) is 3.98. The first-order valence-electron chi connectivity index (χ1n) is 6.90. The third-order valence-corrected chi connectivity index (χ3v) is 3.89. The van der Waals surface area contributed by atoms with E-state index in [2.05, 4.69) is 10.2 Å². The largest absolute Gasteiger partial charge is 0.478 e. The van der Waals surface area contributed by atoms with Crippen LogP contribution in [0.2, 0.25) is 0 Å². The summed E-state index contributed by atoms with van der Waals surface area (Å²) in [5.74, 6) is -0.178. The molecule has 0 unspecified atom stereocenters. The molecule has 21 heavy (non-hydrogen) atoms. The number of aromatic carboxylic acids is 1.